The maximum Gasteiger partial charge on any atom is 0.191 e. The second-order valence-electron chi connectivity index (χ2n) is 5.47. The Morgan fingerprint density at radius 3 is 2.73 bits per heavy atom. The minimum Gasteiger partial charge on any atom is -0.356 e. The van der Waals surface area contributed by atoms with E-state index in [9.17, 15) is 8.78 Å². The molecule has 0 aliphatic rings. The van der Waals surface area contributed by atoms with Crippen molar-refractivity contribution in [3.05, 3.63) is 59.7 Å². The summed E-state index contributed by atoms with van der Waals surface area (Å²) in [6.45, 7) is 6.79. The summed E-state index contributed by atoms with van der Waals surface area (Å²) in [6, 6.07) is 3.44. The number of aliphatic imine (C=N–C) groups is 1. The fourth-order valence-corrected chi connectivity index (χ4v) is 2.13. The van der Waals surface area contributed by atoms with Crippen molar-refractivity contribution in [3.8, 4) is 0 Å². The highest BCUT2D eigenvalue weighted by molar-refractivity contribution is 14.0. The third-order valence-electron chi connectivity index (χ3n) is 3.67. The maximum atomic E-state index is 13.6. The van der Waals surface area contributed by atoms with Crippen molar-refractivity contribution in [2.24, 2.45) is 12.0 Å². The molecule has 0 unspecified atom stereocenters. The number of aryl methyl sites for hydroxylation is 1. The molecular weight excluding hydrogens is 453 g/mol. The molecule has 6 nitrogen and oxygen atoms in total. The van der Waals surface area contributed by atoms with E-state index in [1.165, 1.54) is 6.07 Å². The Balaban J connectivity index is 0.00000338. The van der Waals surface area contributed by atoms with Crippen molar-refractivity contribution < 1.29 is 8.78 Å². The third-order valence-corrected chi connectivity index (χ3v) is 3.67. The Hall–Kier alpha value is -2.04. The van der Waals surface area contributed by atoms with Crippen LogP contribution in [0.5, 0.6) is 0 Å². The second-order valence-corrected chi connectivity index (χ2v) is 5.47. The first-order valence-electron chi connectivity index (χ1n) is 7.93. The van der Waals surface area contributed by atoms with E-state index in [0.29, 0.717) is 37.6 Å². The van der Waals surface area contributed by atoms with Gasteiger partial charge < -0.3 is 15.2 Å². The predicted octanol–water partition coefficient (Wildman–Crippen LogP) is 2.48. The van der Waals surface area contributed by atoms with Gasteiger partial charge in [-0.3, -0.25) is 0 Å². The number of nitrogens with one attached hydrogen (secondary N) is 2. The molecule has 0 saturated heterocycles. The van der Waals surface area contributed by atoms with Crippen LogP contribution >= 0.6 is 24.0 Å². The third kappa shape index (κ3) is 6.36. The van der Waals surface area contributed by atoms with Crippen LogP contribution in [-0.4, -0.2) is 33.8 Å². The Labute approximate surface area is 168 Å². The van der Waals surface area contributed by atoms with Crippen molar-refractivity contribution in [2.45, 2.75) is 19.9 Å². The molecule has 2 N–H and O–H groups in total. The molecule has 0 bridgehead atoms. The van der Waals surface area contributed by atoms with Gasteiger partial charge in [0.2, 0.25) is 0 Å². The minimum atomic E-state index is -0.451. The molecule has 1 heterocycles. The monoisotopic (exact) mass is 476 g/mol. The van der Waals surface area contributed by atoms with Crippen LogP contribution in [0.3, 0.4) is 0 Å². The Morgan fingerprint density at radius 1 is 1.31 bits per heavy atom. The van der Waals surface area contributed by atoms with Gasteiger partial charge in [0.15, 0.2) is 11.8 Å². The van der Waals surface area contributed by atoms with E-state index in [0.717, 1.165) is 23.8 Å². The zero-order valence-electron chi connectivity index (χ0n) is 14.8. The summed E-state index contributed by atoms with van der Waals surface area (Å²) in [6.07, 6.45) is 2.04. The average molecular weight is 476 g/mol. The number of aromatic nitrogens is 3. The van der Waals surface area contributed by atoms with Crippen LogP contribution in [0.15, 0.2) is 35.8 Å². The van der Waals surface area contributed by atoms with Crippen LogP contribution in [0, 0.1) is 18.6 Å². The van der Waals surface area contributed by atoms with E-state index in [1.54, 1.807) is 6.08 Å². The van der Waals surface area contributed by atoms with E-state index in [4.69, 9.17) is 0 Å². The standard InChI is InChI=1S/C17H22F2N6.HI/c1-4-8-20-17(22-11-16-24-23-12(2)25(16)3)21-9-7-13-10-14(18)5-6-15(13)19;/h4-6,10H,1,7-9,11H2,2-3H3,(H2,20,21,22);1H. The highest BCUT2D eigenvalue weighted by Crippen LogP contribution is 2.09. The number of halogens is 3. The smallest absolute Gasteiger partial charge is 0.191 e. The molecule has 0 saturated carbocycles. The molecule has 9 heteroatoms. The molecule has 0 aliphatic carbocycles. The highest BCUT2D eigenvalue weighted by atomic mass is 127. The van der Waals surface area contributed by atoms with Gasteiger partial charge in [0.25, 0.3) is 0 Å². The minimum absolute atomic E-state index is 0. The van der Waals surface area contributed by atoms with Crippen LogP contribution in [0.1, 0.15) is 17.2 Å². The van der Waals surface area contributed by atoms with Crippen molar-refractivity contribution >= 4 is 29.9 Å². The SMILES string of the molecule is C=CCNC(=NCc1nnc(C)n1C)NCCc1cc(F)ccc1F.I. The summed E-state index contributed by atoms with van der Waals surface area (Å²) in [5.74, 6) is 1.20. The fraction of sp³-hybridized carbons (Fsp3) is 0.353. The average Bonchev–Trinajstić information content (AvgIpc) is 2.91. The van der Waals surface area contributed by atoms with Gasteiger partial charge in [0.05, 0.1) is 0 Å². The van der Waals surface area contributed by atoms with Gasteiger partial charge in [-0.2, -0.15) is 0 Å². The van der Waals surface area contributed by atoms with Gasteiger partial charge in [-0.05, 0) is 37.1 Å². The molecule has 0 aliphatic heterocycles. The molecule has 2 aromatic rings. The summed E-state index contributed by atoms with van der Waals surface area (Å²) in [7, 11) is 1.87. The number of nitrogens with zero attached hydrogens (tertiary/aromatic N) is 4. The lowest BCUT2D eigenvalue weighted by atomic mass is 10.1. The van der Waals surface area contributed by atoms with Gasteiger partial charge in [0, 0.05) is 20.1 Å². The van der Waals surface area contributed by atoms with Crippen molar-refractivity contribution in [1.82, 2.24) is 25.4 Å². The molecule has 1 aromatic carbocycles. The Morgan fingerprint density at radius 2 is 2.08 bits per heavy atom. The van der Waals surface area contributed by atoms with E-state index in [1.807, 2.05) is 18.5 Å². The largest absolute Gasteiger partial charge is 0.356 e. The normalized spacial score (nSPS) is 11.0. The lowest BCUT2D eigenvalue weighted by molar-refractivity contribution is 0.583. The number of benzene rings is 1. The van der Waals surface area contributed by atoms with Crippen LogP contribution in [-0.2, 0) is 20.0 Å². The van der Waals surface area contributed by atoms with Crippen molar-refractivity contribution in [3.63, 3.8) is 0 Å². The molecule has 0 amide bonds. The summed E-state index contributed by atoms with van der Waals surface area (Å²) in [5.41, 5.74) is 0.319. The second kappa shape index (κ2) is 10.8. The molecule has 142 valence electrons. The van der Waals surface area contributed by atoms with Crippen molar-refractivity contribution in [1.29, 1.82) is 0 Å². The lowest BCUT2D eigenvalue weighted by Gasteiger charge is -2.12. The zero-order chi connectivity index (χ0) is 18.2. The van der Waals surface area contributed by atoms with Gasteiger partial charge in [-0.25, -0.2) is 13.8 Å². The first-order chi connectivity index (χ1) is 12.0. The van der Waals surface area contributed by atoms with Crippen molar-refractivity contribution in [2.75, 3.05) is 13.1 Å². The first-order valence-corrected chi connectivity index (χ1v) is 7.93. The number of rotatable bonds is 7. The van der Waals surface area contributed by atoms with E-state index in [2.05, 4.69) is 32.4 Å². The number of hydrogen-bond donors (Lipinski definition) is 2. The van der Waals surface area contributed by atoms with Gasteiger partial charge in [-0.1, -0.05) is 6.08 Å². The quantitative estimate of drug-likeness (QED) is 0.279. The molecule has 0 fully saturated rings. The summed E-state index contributed by atoms with van der Waals surface area (Å²) in [4.78, 5) is 4.43. The highest BCUT2D eigenvalue weighted by Gasteiger charge is 2.06. The Kier molecular flexibility index (Phi) is 9.17. The van der Waals surface area contributed by atoms with Gasteiger partial charge in [-0.15, -0.1) is 40.8 Å². The van der Waals surface area contributed by atoms with E-state index >= 15 is 0 Å². The maximum absolute atomic E-state index is 13.6. The molecular formula is C17H23F2IN6. The summed E-state index contributed by atoms with van der Waals surface area (Å²) in [5, 5.41) is 14.2. The van der Waals surface area contributed by atoms with Crippen LogP contribution < -0.4 is 10.6 Å². The number of hydrogen-bond acceptors (Lipinski definition) is 3. The summed E-state index contributed by atoms with van der Waals surface area (Å²) < 4.78 is 28.7. The number of guanidine groups is 1. The van der Waals surface area contributed by atoms with E-state index < -0.39 is 11.6 Å². The van der Waals surface area contributed by atoms with Gasteiger partial charge >= 0.3 is 0 Å². The zero-order valence-corrected chi connectivity index (χ0v) is 17.1. The topological polar surface area (TPSA) is 67.1 Å². The fourth-order valence-electron chi connectivity index (χ4n) is 2.13. The van der Waals surface area contributed by atoms with Crippen LogP contribution in [0.2, 0.25) is 0 Å². The van der Waals surface area contributed by atoms with Crippen LogP contribution in [0.4, 0.5) is 8.78 Å². The molecule has 0 atom stereocenters. The molecule has 0 radical (unpaired) electrons. The Bertz CT molecular complexity index is 760. The molecule has 26 heavy (non-hydrogen) atoms. The van der Waals surface area contributed by atoms with Gasteiger partial charge in [0.1, 0.15) is 24.0 Å². The molecule has 0 spiro atoms. The lowest BCUT2D eigenvalue weighted by Crippen LogP contribution is -2.38. The first kappa shape index (κ1) is 22.0. The van der Waals surface area contributed by atoms with E-state index in [-0.39, 0.29) is 24.0 Å². The predicted molar refractivity (Wildman–Crippen MR) is 109 cm³/mol. The summed E-state index contributed by atoms with van der Waals surface area (Å²) >= 11 is 0. The molecule has 2 rings (SSSR count). The van der Waals surface area contributed by atoms with Crippen LogP contribution in [0.25, 0.3) is 0 Å². The molecule has 1 aromatic heterocycles.